The van der Waals surface area contributed by atoms with Gasteiger partial charge in [-0.3, -0.25) is 9.59 Å². The number of amides is 2. The molecule has 2 N–H and O–H groups in total. The number of anilines is 1. The molecule has 4 heteroatoms. The normalized spacial score (nSPS) is 18.9. The minimum Gasteiger partial charge on any atom is -0.354 e. The van der Waals surface area contributed by atoms with Crippen LogP contribution in [0.2, 0.25) is 0 Å². The van der Waals surface area contributed by atoms with Crippen molar-refractivity contribution in [1.82, 2.24) is 5.32 Å². The molecule has 1 aliphatic heterocycles. The lowest BCUT2D eigenvalue weighted by Gasteiger charge is -2.24. The molecule has 1 heterocycles. The van der Waals surface area contributed by atoms with Crippen molar-refractivity contribution in [2.24, 2.45) is 5.92 Å². The zero-order valence-electron chi connectivity index (χ0n) is 12.1. The van der Waals surface area contributed by atoms with Crippen LogP contribution < -0.4 is 10.6 Å². The molecule has 2 rings (SSSR count). The van der Waals surface area contributed by atoms with Crippen molar-refractivity contribution in [3.8, 4) is 0 Å². The van der Waals surface area contributed by atoms with Gasteiger partial charge < -0.3 is 10.6 Å². The second kappa shape index (κ2) is 6.55. The third-order valence-electron chi connectivity index (χ3n) is 3.85. The van der Waals surface area contributed by atoms with Gasteiger partial charge in [-0.05, 0) is 37.8 Å². The van der Waals surface area contributed by atoms with Gasteiger partial charge in [0.1, 0.15) is 0 Å². The lowest BCUT2D eigenvalue weighted by molar-refractivity contribution is -0.123. The molecule has 2 atom stereocenters. The summed E-state index contributed by atoms with van der Waals surface area (Å²) in [6.07, 6.45) is 2.65. The highest BCUT2D eigenvalue weighted by atomic mass is 16.2. The van der Waals surface area contributed by atoms with Crippen LogP contribution in [0.1, 0.15) is 38.7 Å². The van der Waals surface area contributed by atoms with Crippen LogP contribution in [0.3, 0.4) is 0 Å². The first kappa shape index (κ1) is 14.6. The zero-order valence-corrected chi connectivity index (χ0v) is 12.1. The Morgan fingerprint density at radius 3 is 2.95 bits per heavy atom. The predicted octanol–water partition coefficient (Wildman–Crippen LogP) is 2.49. The van der Waals surface area contributed by atoms with Gasteiger partial charge in [-0.15, -0.1) is 0 Å². The third-order valence-corrected chi connectivity index (χ3v) is 3.85. The Balaban J connectivity index is 1.88. The molecule has 1 aromatic rings. The first-order valence-electron chi connectivity index (χ1n) is 7.28. The van der Waals surface area contributed by atoms with E-state index in [1.165, 1.54) is 0 Å². The SMILES string of the molecule is CC[C@H](C)NC(=O)CC[C@@H]1Cc2ccccc2NC1=O. The van der Waals surface area contributed by atoms with Crippen molar-refractivity contribution in [1.29, 1.82) is 0 Å². The number of nitrogens with one attached hydrogen (secondary N) is 2. The van der Waals surface area contributed by atoms with Gasteiger partial charge in [0.2, 0.25) is 11.8 Å². The Morgan fingerprint density at radius 2 is 2.20 bits per heavy atom. The molecule has 1 aromatic carbocycles. The van der Waals surface area contributed by atoms with Crippen LogP contribution in [0, 0.1) is 5.92 Å². The molecule has 0 aromatic heterocycles. The zero-order chi connectivity index (χ0) is 14.5. The summed E-state index contributed by atoms with van der Waals surface area (Å²) in [5.74, 6) is -0.0429. The molecule has 108 valence electrons. The van der Waals surface area contributed by atoms with Crippen LogP contribution in [-0.4, -0.2) is 17.9 Å². The molecule has 0 fully saturated rings. The number of fused-ring (bicyclic) bond motifs is 1. The first-order valence-corrected chi connectivity index (χ1v) is 7.28. The number of hydrogen-bond donors (Lipinski definition) is 2. The fourth-order valence-corrected chi connectivity index (χ4v) is 2.40. The van der Waals surface area contributed by atoms with Crippen molar-refractivity contribution >= 4 is 17.5 Å². The second-order valence-corrected chi connectivity index (χ2v) is 5.46. The molecule has 0 radical (unpaired) electrons. The number of carbonyl (C=O) groups excluding carboxylic acids is 2. The summed E-state index contributed by atoms with van der Waals surface area (Å²) >= 11 is 0. The molecule has 0 unspecified atom stereocenters. The molecule has 0 bridgehead atoms. The topological polar surface area (TPSA) is 58.2 Å². The first-order chi connectivity index (χ1) is 9.60. The minimum atomic E-state index is -0.104. The Hall–Kier alpha value is -1.84. The average molecular weight is 274 g/mol. The molecule has 4 nitrogen and oxygen atoms in total. The van der Waals surface area contributed by atoms with Crippen molar-refractivity contribution in [2.45, 2.75) is 45.6 Å². The third kappa shape index (κ3) is 3.59. The van der Waals surface area contributed by atoms with Gasteiger partial charge in [0.25, 0.3) is 0 Å². The summed E-state index contributed by atoms with van der Waals surface area (Å²) in [6.45, 7) is 4.03. The molecule has 2 amide bonds. The second-order valence-electron chi connectivity index (χ2n) is 5.46. The van der Waals surface area contributed by atoms with E-state index in [0.717, 1.165) is 24.1 Å². The standard InChI is InChI=1S/C16H22N2O2/c1-3-11(2)17-15(19)9-8-13-10-12-6-4-5-7-14(12)18-16(13)20/h4-7,11,13H,3,8-10H2,1-2H3,(H,17,19)(H,18,20)/t11-,13+/m0/s1. The van der Waals surface area contributed by atoms with E-state index in [-0.39, 0.29) is 23.8 Å². The largest absolute Gasteiger partial charge is 0.354 e. The van der Waals surface area contributed by atoms with Crippen molar-refractivity contribution in [3.05, 3.63) is 29.8 Å². The van der Waals surface area contributed by atoms with Crippen LogP contribution in [0.25, 0.3) is 0 Å². The summed E-state index contributed by atoms with van der Waals surface area (Å²) in [6, 6.07) is 8.03. The van der Waals surface area contributed by atoms with E-state index in [4.69, 9.17) is 0 Å². The maximum absolute atomic E-state index is 12.0. The average Bonchev–Trinajstić information content (AvgIpc) is 2.44. The lowest BCUT2D eigenvalue weighted by atomic mass is 9.89. The number of benzene rings is 1. The summed E-state index contributed by atoms with van der Waals surface area (Å²) in [7, 11) is 0. The highest BCUT2D eigenvalue weighted by molar-refractivity contribution is 5.96. The molecular formula is C16H22N2O2. The van der Waals surface area contributed by atoms with E-state index in [0.29, 0.717) is 12.8 Å². The molecule has 0 spiro atoms. The van der Waals surface area contributed by atoms with Crippen LogP contribution in [0.5, 0.6) is 0 Å². The quantitative estimate of drug-likeness (QED) is 0.866. The van der Waals surface area contributed by atoms with Gasteiger partial charge in [-0.1, -0.05) is 25.1 Å². The molecule has 0 saturated carbocycles. The Kier molecular flexibility index (Phi) is 4.77. The maximum Gasteiger partial charge on any atom is 0.227 e. The van der Waals surface area contributed by atoms with Gasteiger partial charge in [0, 0.05) is 24.1 Å². The molecule has 0 aliphatic carbocycles. The Morgan fingerprint density at radius 1 is 1.45 bits per heavy atom. The maximum atomic E-state index is 12.0. The van der Waals surface area contributed by atoms with Gasteiger partial charge >= 0.3 is 0 Å². The monoisotopic (exact) mass is 274 g/mol. The fraction of sp³-hybridized carbons (Fsp3) is 0.500. The van der Waals surface area contributed by atoms with Crippen molar-refractivity contribution in [2.75, 3.05) is 5.32 Å². The summed E-state index contributed by atoms with van der Waals surface area (Å²) in [5, 5.41) is 5.85. The van der Waals surface area contributed by atoms with E-state index in [2.05, 4.69) is 10.6 Å². The summed E-state index contributed by atoms with van der Waals surface area (Å²) in [5.41, 5.74) is 2.05. The van der Waals surface area contributed by atoms with Crippen LogP contribution >= 0.6 is 0 Å². The Labute approximate surface area is 119 Å². The Bertz CT molecular complexity index is 499. The van der Waals surface area contributed by atoms with Gasteiger partial charge in [0.15, 0.2) is 0 Å². The smallest absolute Gasteiger partial charge is 0.227 e. The van der Waals surface area contributed by atoms with Gasteiger partial charge in [-0.25, -0.2) is 0 Å². The van der Waals surface area contributed by atoms with E-state index < -0.39 is 0 Å². The highest BCUT2D eigenvalue weighted by Gasteiger charge is 2.26. The van der Waals surface area contributed by atoms with Crippen LogP contribution in [0.4, 0.5) is 5.69 Å². The van der Waals surface area contributed by atoms with E-state index in [1.54, 1.807) is 0 Å². The lowest BCUT2D eigenvalue weighted by Crippen LogP contribution is -2.34. The van der Waals surface area contributed by atoms with Crippen molar-refractivity contribution < 1.29 is 9.59 Å². The van der Waals surface area contributed by atoms with Crippen LogP contribution in [-0.2, 0) is 16.0 Å². The molecule has 20 heavy (non-hydrogen) atoms. The molecule has 0 saturated heterocycles. The predicted molar refractivity (Wildman–Crippen MR) is 79.4 cm³/mol. The minimum absolute atomic E-state index is 0.0278. The van der Waals surface area contributed by atoms with Gasteiger partial charge in [0.05, 0.1) is 0 Å². The van der Waals surface area contributed by atoms with E-state index in [1.807, 2.05) is 38.1 Å². The highest BCUT2D eigenvalue weighted by Crippen LogP contribution is 2.27. The van der Waals surface area contributed by atoms with Crippen molar-refractivity contribution in [3.63, 3.8) is 0 Å². The van der Waals surface area contributed by atoms with E-state index >= 15 is 0 Å². The number of hydrogen-bond acceptors (Lipinski definition) is 2. The van der Waals surface area contributed by atoms with Crippen LogP contribution in [0.15, 0.2) is 24.3 Å². The molecular weight excluding hydrogens is 252 g/mol. The summed E-state index contributed by atoms with van der Waals surface area (Å²) in [4.78, 5) is 23.8. The van der Waals surface area contributed by atoms with E-state index in [9.17, 15) is 9.59 Å². The molecule has 1 aliphatic rings. The summed E-state index contributed by atoms with van der Waals surface area (Å²) < 4.78 is 0. The number of para-hydroxylation sites is 1. The number of carbonyl (C=O) groups is 2. The fourth-order valence-electron chi connectivity index (χ4n) is 2.40. The van der Waals surface area contributed by atoms with Gasteiger partial charge in [-0.2, -0.15) is 0 Å². The number of rotatable bonds is 5.